The molecule has 1 aromatic heterocycles. The van der Waals surface area contributed by atoms with Crippen LogP contribution in [0.5, 0.6) is 0 Å². The quantitative estimate of drug-likeness (QED) is 0.786. The Balaban J connectivity index is 1.82. The maximum atomic E-state index is 12.1. The van der Waals surface area contributed by atoms with Gasteiger partial charge in [-0.15, -0.1) is 0 Å². The predicted molar refractivity (Wildman–Crippen MR) is 93.7 cm³/mol. The smallest absolute Gasteiger partial charge is 0.294 e. The number of nitrogens with zero attached hydrogens (tertiary/aromatic N) is 1. The maximum Gasteiger partial charge on any atom is 0.294 e. The molecule has 0 radical (unpaired) electrons. The van der Waals surface area contributed by atoms with Crippen LogP contribution in [0.4, 0.5) is 4.79 Å². The first-order valence-electron chi connectivity index (χ1n) is 6.83. The molecule has 0 atom stereocenters. The van der Waals surface area contributed by atoms with Gasteiger partial charge in [0, 0.05) is 16.1 Å². The van der Waals surface area contributed by atoms with Crippen LogP contribution in [-0.4, -0.2) is 28.5 Å². The number of hydrogen-bond donors (Lipinski definition) is 1. The van der Waals surface area contributed by atoms with Gasteiger partial charge in [0.15, 0.2) is 0 Å². The highest BCUT2D eigenvalue weighted by Gasteiger charge is 2.36. The number of halogens is 1. The molecule has 6 nitrogen and oxygen atoms in total. The summed E-state index contributed by atoms with van der Waals surface area (Å²) in [5.74, 6) is -0.206. The molecule has 1 aromatic carbocycles. The van der Waals surface area contributed by atoms with E-state index < -0.39 is 23.6 Å². The first-order valence-corrected chi connectivity index (χ1v) is 8.44. The normalized spacial score (nSPS) is 16.2. The van der Waals surface area contributed by atoms with Gasteiger partial charge in [-0.25, -0.2) is 0 Å². The minimum atomic E-state index is -0.742. The van der Waals surface area contributed by atoms with Gasteiger partial charge < -0.3 is 10.2 Å². The third-order valence-electron chi connectivity index (χ3n) is 3.22. The van der Waals surface area contributed by atoms with Gasteiger partial charge in [0.1, 0.15) is 18.1 Å². The molecular weight excluding hydrogens is 396 g/mol. The van der Waals surface area contributed by atoms with Crippen molar-refractivity contribution in [1.29, 1.82) is 0 Å². The van der Waals surface area contributed by atoms with E-state index in [1.54, 1.807) is 12.1 Å². The van der Waals surface area contributed by atoms with Crippen LogP contribution in [-0.2, 0) is 9.59 Å². The Kier molecular flexibility index (Phi) is 4.59. The molecule has 0 saturated carbocycles. The number of primary amides is 1. The molecule has 24 heavy (non-hydrogen) atoms. The second-order valence-corrected chi connectivity index (χ2v) is 6.85. The molecule has 8 heteroatoms. The van der Waals surface area contributed by atoms with Crippen LogP contribution in [0, 0.1) is 0 Å². The third-order valence-corrected chi connectivity index (χ3v) is 4.65. The van der Waals surface area contributed by atoms with E-state index in [1.165, 1.54) is 6.08 Å². The second-order valence-electron chi connectivity index (χ2n) is 4.94. The van der Waals surface area contributed by atoms with E-state index in [9.17, 15) is 14.4 Å². The lowest BCUT2D eigenvalue weighted by Crippen LogP contribution is -2.36. The summed E-state index contributed by atoms with van der Waals surface area (Å²) >= 11 is 4.12. The lowest BCUT2D eigenvalue weighted by Gasteiger charge is -2.08. The number of furan rings is 1. The summed E-state index contributed by atoms with van der Waals surface area (Å²) in [5.41, 5.74) is 5.93. The summed E-state index contributed by atoms with van der Waals surface area (Å²) in [7, 11) is 0. The van der Waals surface area contributed by atoms with Crippen molar-refractivity contribution in [3.8, 4) is 11.3 Å². The van der Waals surface area contributed by atoms with E-state index in [2.05, 4.69) is 15.9 Å². The standard InChI is InChI=1S/C16H11BrN2O4S/c17-10-3-1-9(2-4-10)12-6-5-11(23-12)7-13-15(21)19(8-14(18)20)16(22)24-13/h1-7H,8H2,(H2,18,20)/b13-7-. The van der Waals surface area contributed by atoms with Gasteiger partial charge in [0.2, 0.25) is 5.91 Å². The van der Waals surface area contributed by atoms with Crippen molar-refractivity contribution in [2.75, 3.05) is 6.54 Å². The minimum Gasteiger partial charge on any atom is -0.457 e. The minimum absolute atomic E-state index is 0.193. The Morgan fingerprint density at radius 3 is 2.58 bits per heavy atom. The van der Waals surface area contributed by atoms with Crippen LogP contribution in [0.3, 0.4) is 0 Å². The zero-order valence-electron chi connectivity index (χ0n) is 12.2. The molecule has 2 aromatic rings. The fourth-order valence-electron chi connectivity index (χ4n) is 2.12. The van der Waals surface area contributed by atoms with E-state index in [0.29, 0.717) is 11.5 Å². The second kappa shape index (κ2) is 6.66. The molecule has 3 amide bonds. The zero-order chi connectivity index (χ0) is 17.3. The Morgan fingerprint density at radius 2 is 1.92 bits per heavy atom. The van der Waals surface area contributed by atoms with E-state index in [4.69, 9.17) is 10.2 Å². The molecule has 2 N–H and O–H groups in total. The Hall–Kier alpha value is -2.32. The van der Waals surface area contributed by atoms with Crippen molar-refractivity contribution in [2.45, 2.75) is 0 Å². The maximum absolute atomic E-state index is 12.1. The molecule has 1 fully saturated rings. The molecule has 1 aliphatic rings. The summed E-state index contributed by atoms with van der Waals surface area (Å²) in [5, 5.41) is -0.523. The number of hydrogen-bond acceptors (Lipinski definition) is 5. The topological polar surface area (TPSA) is 93.6 Å². The van der Waals surface area contributed by atoms with Gasteiger partial charge >= 0.3 is 0 Å². The number of thioether (sulfide) groups is 1. The molecule has 1 saturated heterocycles. The van der Waals surface area contributed by atoms with Crippen LogP contribution in [0.15, 0.2) is 50.2 Å². The van der Waals surface area contributed by atoms with Gasteiger partial charge in [0.05, 0.1) is 4.91 Å². The van der Waals surface area contributed by atoms with Gasteiger partial charge in [-0.2, -0.15) is 0 Å². The fourth-order valence-corrected chi connectivity index (χ4v) is 3.20. The molecule has 0 unspecified atom stereocenters. The number of carbonyl (C=O) groups excluding carboxylic acids is 3. The highest BCUT2D eigenvalue weighted by Crippen LogP contribution is 2.33. The van der Waals surface area contributed by atoms with Crippen LogP contribution in [0.25, 0.3) is 17.4 Å². The molecular formula is C16H11BrN2O4S. The average molecular weight is 407 g/mol. The highest BCUT2D eigenvalue weighted by atomic mass is 79.9. The highest BCUT2D eigenvalue weighted by molar-refractivity contribution is 9.10. The van der Waals surface area contributed by atoms with Crippen molar-refractivity contribution in [1.82, 2.24) is 4.90 Å². The van der Waals surface area contributed by atoms with Crippen LogP contribution >= 0.6 is 27.7 Å². The molecule has 0 spiro atoms. The van der Waals surface area contributed by atoms with Crippen molar-refractivity contribution in [2.24, 2.45) is 5.73 Å². The van der Waals surface area contributed by atoms with Crippen molar-refractivity contribution in [3.05, 3.63) is 51.5 Å². The van der Waals surface area contributed by atoms with Crippen LogP contribution in [0.1, 0.15) is 5.76 Å². The predicted octanol–water partition coefficient (Wildman–Crippen LogP) is 3.23. The molecule has 3 rings (SSSR count). The number of carbonyl (C=O) groups is 3. The van der Waals surface area contributed by atoms with Crippen LogP contribution < -0.4 is 5.73 Å². The summed E-state index contributed by atoms with van der Waals surface area (Å²) < 4.78 is 6.65. The molecule has 0 bridgehead atoms. The van der Waals surface area contributed by atoms with Gasteiger partial charge in [-0.3, -0.25) is 19.3 Å². The van der Waals surface area contributed by atoms with Crippen molar-refractivity contribution in [3.63, 3.8) is 0 Å². The van der Waals surface area contributed by atoms with Gasteiger partial charge in [-0.1, -0.05) is 28.1 Å². The zero-order valence-corrected chi connectivity index (χ0v) is 14.6. The Bertz CT molecular complexity index is 857. The Morgan fingerprint density at radius 1 is 1.21 bits per heavy atom. The van der Waals surface area contributed by atoms with E-state index in [1.807, 2.05) is 24.3 Å². The van der Waals surface area contributed by atoms with Crippen molar-refractivity contribution < 1.29 is 18.8 Å². The number of benzene rings is 1. The number of rotatable bonds is 4. The number of imide groups is 1. The number of nitrogens with two attached hydrogens (primary N) is 1. The summed E-state index contributed by atoms with van der Waals surface area (Å²) in [6, 6.07) is 11.1. The summed E-state index contributed by atoms with van der Waals surface area (Å²) in [6.45, 7) is -0.426. The fraction of sp³-hybridized carbons (Fsp3) is 0.0625. The summed E-state index contributed by atoms with van der Waals surface area (Å²) in [4.78, 5) is 35.8. The molecule has 1 aliphatic heterocycles. The van der Waals surface area contributed by atoms with E-state index in [0.717, 1.165) is 26.7 Å². The lowest BCUT2D eigenvalue weighted by molar-refractivity contribution is -0.127. The third kappa shape index (κ3) is 3.44. The number of amides is 3. The van der Waals surface area contributed by atoms with Crippen molar-refractivity contribution >= 4 is 50.8 Å². The van der Waals surface area contributed by atoms with Crippen LogP contribution in [0.2, 0.25) is 0 Å². The van der Waals surface area contributed by atoms with Gasteiger partial charge in [-0.05, 0) is 36.0 Å². The first-order chi connectivity index (χ1) is 11.4. The SMILES string of the molecule is NC(=O)CN1C(=O)S/C(=C\c2ccc(-c3ccc(Br)cc3)o2)C1=O. The van der Waals surface area contributed by atoms with Gasteiger partial charge in [0.25, 0.3) is 11.1 Å². The largest absolute Gasteiger partial charge is 0.457 e. The van der Waals surface area contributed by atoms with E-state index >= 15 is 0 Å². The Labute approximate surface area is 149 Å². The molecule has 122 valence electrons. The first kappa shape index (κ1) is 16.5. The summed E-state index contributed by atoms with van der Waals surface area (Å²) in [6.07, 6.45) is 1.48. The average Bonchev–Trinajstić information content (AvgIpc) is 3.09. The lowest BCUT2D eigenvalue weighted by atomic mass is 10.2. The monoisotopic (exact) mass is 406 g/mol. The molecule has 2 heterocycles. The van der Waals surface area contributed by atoms with E-state index in [-0.39, 0.29) is 4.91 Å². The molecule has 0 aliphatic carbocycles.